The predicted molar refractivity (Wildman–Crippen MR) is 134 cm³/mol. The Kier molecular flexibility index (Phi) is 6.93. The van der Waals surface area contributed by atoms with Crippen LogP contribution in [0.15, 0.2) is 93.6 Å². The lowest BCUT2D eigenvalue weighted by Gasteiger charge is -2.25. The number of benzene rings is 2. The number of pyridine rings is 1. The maximum atomic E-state index is 13.8. The third-order valence-corrected chi connectivity index (χ3v) is 6.00. The highest BCUT2D eigenvalue weighted by Gasteiger charge is 2.27. The van der Waals surface area contributed by atoms with E-state index in [2.05, 4.69) is 9.97 Å². The van der Waals surface area contributed by atoms with Crippen molar-refractivity contribution < 1.29 is 4.79 Å². The number of carbonyl (C=O) groups excluding carboxylic acids is 1. The summed E-state index contributed by atoms with van der Waals surface area (Å²) in [5.41, 5.74) is 6.90. The third kappa shape index (κ3) is 4.79. The molecule has 9 heteroatoms. The molecule has 172 valence electrons. The Labute approximate surface area is 200 Å². The van der Waals surface area contributed by atoms with Crippen LogP contribution in [0.2, 0.25) is 0 Å². The van der Waals surface area contributed by atoms with Crippen molar-refractivity contribution in [1.82, 2.24) is 14.5 Å². The molecule has 0 aliphatic carbocycles. The van der Waals surface area contributed by atoms with Crippen LogP contribution in [-0.4, -0.2) is 26.7 Å². The molecule has 2 aromatic carbocycles. The molecular formula is C25H23N5O3S. The van der Waals surface area contributed by atoms with Gasteiger partial charge in [0.2, 0.25) is 0 Å². The van der Waals surface area contributed by atoms with Crippen molar-refractivity contribution in [2.24, 2.45) is 0 Å². The van der Waals surface area contributed by atoms with Gasteiger partial charge >= 0.3 is 5.69 Å². The molecule has 0 radical (unpaired) electrons. The van der Waals surface area contributed by atoms with Crippen LogP contribution in [0.5, 0.6) is 0 Å². The zero-order valence-electron chi connectivity index (χ0n) is 18.5. The van der Waals surface area contributed by atoms with E-state index < -0.39 is 17.2 Å². The number of rotatable bonds is 7. The van der Waals surface area contributed by atoms with Crippen molar-refractivity contribution in [2.45, 2.75) is 18.1 Å². The van der Waals surface area contributed by atoms with Crippen LogP contribution < -0.4 is 21.9 Å². The maximum Gasteiger partial charge on any atom is 0.330 e. The number of carbonyl (C=O) groups is 1. The van der Waals surface area contributed by atoms with Crippen LogP contribution in [-0.2, 0) is 13.1 Å². The largest absolute Gasteiger partial charge is 0.383 e. The fourth-order valence-corrected chi connectivity index (χ4v) is 4.18. The number of nitrogens with one attached hydrogen (secondary N) is 1. The molecule has 0 saturated carbocycles. The molecule has 34 heavy (non-hydrogen) atoms. The van der Waals surface area contributed by atoms with Crippen LogP contribution in [0.25, 0.3) is 0 Å². The molecule has 3 N–H and O–H groups in total. The van der Waals surface area contributed by atoms with E-state index in [4.69, 9.17) is 5.73 Å². The highest BCUT2D eigenvalue weighted by atomic mass is 32.2. The average Bonchev–Trinajstić information content (AvgIpc) is 2.86. The van der Waals surface area contributed by atoms with Gasteiger partial charge in [0.05, 0.1) is 18.7 Å². The molecule has 0 spiro atoms. The number of thioether (sulfide) groups is 1. The van der Waals surface area contributed by atoms with Gasteiger partial charge in [-0.25, -0.2) is 9.78 Å². The maximum absolute atomic E-state index is 13.8. The second-order valence-corrected chi connectivity index (χ2v) is 8.30. The summed E-state index contributed by atoms with van der Waals surface area (Å²) in [5, 5.41) is 0.526. The van der Waals surface area contributed by atoms with Gasteiger partial charge in [0.1, 0.15) is 10.8 Å². The van der Waals surface area contributed by atoms with Gasteiger partial charge < -0.3 is 5.73 Å². The van der Waals surface area contributed by atoms with E-state index >= 15 is 0 Å². The Morgan fingerprint density at radius 2 is 1.65 bits per heavy atom. The Bertz CT molecular complexity index is 1420. The van der Waals surface area contributed by atoms with E-state index in [-0.39, 0.29) is 24.6 Å². The van der Waals surface area contributed by atoms with Gasteiger partial charge in [-0.05, 0) is 29.5 Å². The summed E-state index contributed by atoms with van der Waals surface area (Å²) in [6, 6.07) is 21.8. The Hall–Kier alpha value is -4.11. The third-order valence-electron chi connectivity index (χ3n) is 5.29. The lowest BCUT2D eigenvalue weighted by Crippen LogP contribution is -2.41. The number of aromatic amines is 1. The summed E-state index contributed by atoms with van der Waals surface area (Å²) in [6.45, 7) is 0.227. The smallest absolute Gasteiger partial charge is 0.330 e. The Morgan fingerprint density at radius 1 is 1.00 bits per heavy atom. The molecule has 1 amide bonds. The van der Waals surface area contributed by atoms with Gasteiger partial charge in [-0.15, -0.1) is 11.8 Å². The van der Waals surface area contributed by atoms with E-state index in [1.807, 2.05) is 66.9 Å². The molecule has 0 atom stereocenters. The second-order valence-electron chi connectivity index (χ2n) is 7.50. The molecule has 0 saturated heterocycles. The van der Waals surface area contributed by atoms with E-state index in [0.717, 1.165) is 11.1 Å². The number of H-pyrrole nitrogens is 1. The molecule has 4 aromatic rings. The van der Waals surface area contributed by atoms with E-state index in [9.17, 15) is 14.4 Å². The zero-order chi connectivity index (χ0) is 24.1. The Morgan fingerprint density at radius 3 is 2.29 bits per heavy atom. The first kappa shape index (κ1) is 23.1. The van der Waals surface area contributed by atoms with Crippen molar-refractivity contribution in [3.05, 3.63) is 117 Å². The number of aromatic nitrogens is 3. The van der Waals surface area contributed by atoms with E-state index in [1.165, 1.54) is 21.2 Å². The fraction of sp³-hybridized carbons (Fsp3) is 0.120. The average molecular weight is 474 g/mol. The lowest BCUT2D eigenvalue weighted by molar-refractivity contribution is 0.0981. The SMILES string of the molecule is CSc1ncccc1C(=O)N(Cc1ccccc1)c1c(N)n(Cc2ccccc2)c(=O)[nH]c1=O. The molecule has 0 aliphatic heterocycles. The van der Waals surface area contributed by atoms with Crippen molar-refractivity contribution in [3.63, 3.8) is 0 Å². The molecule has 2 aromatic heterocycles. The number of hydrogen-bond acceptors (Lipinski definition) is 6. The highest BCUT2D eigenvalue weighted by molar-refractivity contribution is 7.98. The highest BCUT2D eigenvalue weighted by Crippen LogP contribution is 2.25. The summed E-state index contributed by atoms with van der Waals surface area (Å²) in [7, 11) is 0. The quantitative estimate of drug-likeness (QED) is 0.399. The number of nitrogens with two attached hydrogens (primary N) is 1. The van der Waals surface area contributed by atoms with Crippen molar-refractivity contribution >= 4 is 29.2 Å². The topological polar surface area (TPSA) is 114 Å². The zero-order valence-corrected chi connectivity index (χ0v) is 19.3. The monoisotopic (exact) mass is 473 g/mol. The molecule has 0 fully saturated rings. The number of anilines is 2. The first-order valence-electron chi connectivity index (χ1n) is 10.5. The van der Waals surface area contributed by atoms with Gasteiger partial charge in [-0.3, -0.25) is 24.0 Å². The first-order valence-corrected chi connectivity index (χ1v) is 11.7. The minimum Gasteiger partial charge on any atom is -0.383 e. The summed E-state index contributed by atoms with van der Waals surface area (Å²) in [6.07, 6.45) is 3.42. The molecule has 0 unspecified atom stereocenters. The summed E-state index contributed by atoms with van der Waals surface area (Å²) in [4.78, 5) is 47.3. The van der Waals surface area contributed by atoms with Crippen LogP contribution in [0, 0.1) is 0 Å². The van der Waals surface area contributed by atoms with Gasteiger partial charge in [0, 0.05) is 6.20 Å². The molecule has 4 rings (SSSR count). The minimum absolute atomic E-state index is 0.0825. The summed E-state index contributed by atoms with van der Waals surface area (Å²) < 4.78 is 1.26. The van der Waals surface area contributed by atoms with Crippen molar-refractivity contribution in [3.8, 4) is 0 Å². The predicted octanol–water partition coefficient (Wildman–Crippen LogP) is 3.13. The molecule has 0 bridgehead atoms. The fourth-order valence-electron chi connectivity index (χ4n) is 3.64. The number of nitrogens with zero attached hydrogens (tertiary/aromatic N) is 3. The summed E-state index contributed by atoms with van der Waals surface area (Å²) in [5.74, 6) is -0.528. The van der Waals surface area contributed by atoms with E-state index in [0.29, 0.717) is 10.6 Å². The van der Waals surface area contributed by atoms with Gasteiger partial charge in [0.15, 0.2) is 5.69 Å². The van der Waals surface area contributed by atoms with Crippen LogP contribution in [0.1, 0.15) is 21.5 Å². The molecule has 0 aliphatic rings. The molecule has 8 nitrogen and oxygen atoms in total. The van der Waals surface area contributed by atoms with Gasteiger partial charge in [-0.2, -0.15) is 0 Å². The standard InChI is InChI=1S/C25H23N5O3S/c1-34-23-19(13-8-14-27-23)24(32)29(15-17-9-4-2-5-10-17)20-21(26)30(25(33)28-22(20)31)16-18-11-6-3-7-12-18/h2-14H,15-16,26H2,1H3,(H,28,31,33). The van der Waals surface area contributed by atoms with Crippen LogP contribution in [0.3, 0.4) is 0 Å². The molecule has 2 heterocycles. The second kappa shape index (κ2) is 10.2. The van der Waals surface area contributed by atoms with Crippen LogP contribution in [0.4, 0.5) is 11.5 Å². The van der Waals surface area contributed by atoms with E-state index in [1.54, 1.807) is 18.3 Å². The Balaban J connectivity index is 1.87. The van der Waals surface area contributed by atoms with Gasteiger partial charge in [0.25, 0.3) is 11.5 Å². The number of nitrogen functional groups attached to an aromatic ring is 1. The lowest BCUT2D eigenvalue weighted by atomic mass is 10.1. The minimum atomic E-state index is -0.731. The van der Waals surface area contributed by atoms with Gasteiger partial charge in [-0.1, -0.05) is 60.7 Å². The van der Waals surface area contributed by atoms with Crippen LogP contribution >= 0.6 is 11.8 Å². The van der Waals surface area contributed by atoms with Crippen molar-refractivity contribution in [1.29, 1.82) is 0 Å². The number of hydrogen-bond donors (Lipinski definition) is 2. The normalized spacial score (nSPS) is 10.7. The molecular weight excluding hydrogens is 450 g/mol. The first-order chi connectivity index (χ1) is 16.5. The summed E-state index contributed by atoms with van der Waals surface area (Å²) >= 11 is 1.33. The number of amides is 1. The van der Waals surface area contributed by atoms with Crippen molar-refractivity contribution in [2.75, 3.05) is 16.9 Å².